The zero-order valence-corrected chi connectivity index (χ0v) is 23.0. The number of amides is 2. The Morgan fingerprint density at radius 1 is 0.884 bits per heavy atom. The second kappa shape index (κ2) is 11.9. The quantitative estimate of drug-likeness (QED) is 0.323. The zero-order chi connectivity index (χ0) is 30.8. The van der Waals surface area contributed by atoms with Crippen molar-refractivity contribution in [2.24, 2.45) is 0 Å². The molecule has 0 unspecified atom stereocenters. The number of carbonyl (C=O) groups is 4. The summed E-state index contributed by atoms with van der Waals surface area (Å²) in [7, 11) is 0. The Hall–Kier alpha value is -4.71. The van der Waals surface area contributed by atoms with Crippen LogP contribution in [-0.4, -0.2) is 78.1 Å². The van der Waals surface area contributed by atoms with E-state index in [1.807, 2.05) is 42.5 Å². The second-order valence-corrected chi connectivity index (χ2v) is 10.5. The Labute approximate surface area is 245 Å². The first-order valence-corrected chi connectivity index (χ1v) is 13.7. The molecular formula is C31H29F3N4O5. The molecular weight excluding hydrogens is 565 g/mol. The summed E-state index contributed by atoms with van der Waals surface area (Å²) in [6.07, 6.45) is -3.60. The molecule has 2 aliphatic heterocycles. The molecule has 0 atom stereocenters. The molecule has 2 heterocycles. The maximum Gasteiger partial charge on any atom is 0.490 e. The van der Waals surface area contributed by atoms with Gasteiger partial charge in [0.15, 0.2) is 5.78 Å². The smallest absolute Gasteiger partial charge is 0.475 e. The molecule has 2 saturated heterocycles. The summed E-state index contributed by atoms with van der Waals surface area (Å²) in [5.41, 5.74) is 3.87. The molecule has 0 saturated carbocycles. The predicted molar refractivity (Wildman–Crippen MR) is 152 cm³/mol. The number of nitrogens with one attached hydrogen (secondary N) is 2. The lowest BCUT2D eigenvalue weighted by Gasteiger charge is -2.43. The molecule has 2 fully saturated rings. The highest BCUT2D eigenvalue weighted by atomic mass is 19.4. The first-order chi connectivity index (χ1) is 20.5. The van der Waals surface area contributed by atoms with Gasteiger partial charge in [0.05, 0.1) is 6.67 Å². The van der Waals surface area contributed by atoms with Crippen LogP contribution < -0.4 is 15.5 Å². The average Bonchev–Trinajstić information content (AvgIpc) is 3.48. The van der Waals surface area contributed by atoms with Crippen LogP contribution in [0.3, 0.4) is 0 Å². The van der Waals surface area contributed by atoms with E-state index >= 15 is 0 Å². The fraction of sp³-hybridized carbons (Fsp3) is 0.290. The summed E-state index contributed by atoms with van der Waals surface area (Å²) >= 11 is 0. The van der Waals surface area contributed by atoms with E-state index < -0.39 is 17.7 Å². The molecule has 3 aromatic rings. The van der Waals surface area contributed by atoms with Gasteiger partial charge < -0.3 is 25.5 Å². The number of anilines is 1. The lowest BCUT2D eigenvalue weighted by atomic mass is 9.85. The van der Waals surface area contributed by atoms with Gasteiger partial charge in [-0.25, -0.2) is 4.79 Å². The molecule has 224 valence electrons. The third-order valence-corrected chi connectivity index (χ3v) is 8.04. The van der Waals surface area contributed by atoms with Crippen LogP contribution in [0.5, 0.6) is 0 Å². The number of alkyl halides is 3. The highest BCUT2D eigenvalue weighted by Crippen LogP contribution is 2.39. The van der Waals surface area contributed by atoms with Crippen molar-refractivity contribution >= 4 is 29.3 Å². The number of aliphatic carboxylic acids is 1. The number of ketones is 1. The van der Waals surface area contributed by atoms with Gasteiger partial charge in [-0.3, -0.25) is 14.4 Å². The molecule has 1 aliphatic carbocycles. The summed E-state index contributed by atoms with van der Waals surface area (Å²) in [5, 5.41) is 13.2. The van der Waals surface area contributed by atoms with Crippen molar-refractivity contribution in [3.05, 3.63) is 89.5 Å². The van der Waals surface area contributed by atoms with Crippen molar-refractivity contribution in [3.63, 3.8) is 0 Å². The number of hydrogen-bond donors (Lipinski definition) is 3. The summed E-state index contributed by atoms with van der Waals surface area (Å²) in [6, 6.07) is 22.9. The van der Waals surface area contributed by atoms with Gasteiger partial charge in [-0.1, -0.05) is 54.6 Å². The maximum atomic E-state index is 13.1. The van der Waals surface area contributed by atoms with Gasteiger partial charge in [0.1, 0.15) is 5.54 Å². The highest BCUT2D eigenvalue weighted by molar-refractivity contribution is 6.24. The number of likely N-dealkylation sites (tertiary alicyclic amines) is 1. The molecule has 0 radical (unpaired) electrons. The van der Waals surface area contributed by atoms with Crippen molar-refractivity contribution in [3.8, 4) is 11.1 Å². The molecule has 3 aromatic carbocycles. The third kappa shape index (κ3) is 5.82. The van der Waals surface area contributed by atoms with Gasteiger partial charge >= 0.3 is 12.1 Å². The number of nitrogens with zero attached hydrogens (tertiary/aromatic N) is 2. The minimum absolute atomic E-state index is 0.0296. The minimum atomic E-state index is -5.08. The molecule has 43 heavy (non-hydrogen) atoms. The molecule has 9 nitrogen and oxygen atoms in total. The van der Waals surface area contributed by atoms with Crippen LogP contribution in [0.1, 0.15) is 39.1 Å². The molecule has 0 bridgehead atoms. The number of fused-ring (bicyclic) bond motifs is 3. The van der Waals surface area contributed by atoms with Crippen LogP contribution in [0, 0.1) is 0 Å². The van der Waals surface area contributed by atoms with E-state index in [1.165, 1.54) is 0 Å². The highest BCUT2D eigenvalue weighted by Gasteiger charge is 2.50. The van der Waals surface area contributed by atoms with Gasteiger partial charge in [-0.05, 0) is 36.6 Å². The normalized spacial score (nSPS) is 17.0. The first-order valence-electron chi connectivity index (χ1n) is 13.7. The Morgan fingerprint density at radius 2 is 1.49 bits per heavy atom. The molecule has 1 spiro atoms. The molecule has 0 aromatic heterocycles. The number of carbonyl (C=O) groups excluding carboxylic acids is 3. The molecule has 2 amide bonds. The third-order valence-electron chi connectivity index (χ3n) is 8.04. The van der Waals surface area contributed by atoms with E-state index in [-0.39, 0.29) is 17.6 Å². The van der Waals surface area contributed by atoms with E-state index in [0.29, 0.717) is 36.4 Å². The van der Waals surface area contributed by atoms with E-state index in [2.05, 4.69) is 32.6 Å². The van der Waals surface area contributed by atoms with E-state index in [0.717, 1.165) is 42.7 Å². The van der Waals surface area contributed by atoms with Crippen molar-refractivity contribution < 1.29 is 37.5 Å². The number of carboxylic acids is 1. The summed E-state index contributed by atoms with van der Waals surface area (Å²) < 4.78 is 31.7. The van der Waals surface area contributed by atoms with Crippen molar-refractivity contribution in [1.82, 2.24) is 15.5 Å². The van der Waals surface area contributed by atoms with Crippen molar-refractivity contribution in [1.29, 1.82) is 0 Å². The van der Waals surface area contributed by atoms with Gasteiger partial charge in [0.25, 0.3) is 5.91 Å². The standard InChI is InChI=1S/C29H28N4O3.C2HF3O2/c34-26-22-10-5-4-9-21(22)25-23(26)11-6-12-24(25)27(35)30-15-18-32-16-13-29(14-17-32)28(36)31-19-33(29)20-7-2-1-3-8-20;3-2(4,5)1(6)7/h1-12H,13-19H2,(H,30,35)(H,31,36);(H,6,7). The number of piperidine rings is 1. The number of rotatable bonds is 5. The number of carboxylic acid groups (broad SMARTS) is 1. The predicted octanol–water partition coefficient (Wildman–Crippen LogP) is 3.69. The Balaban J connectivity index is 0.000000472. The van der Waals surface area contributed by atoms with Crippen LogP contribution in [0.4, 0.5) is 18.9 Å². The van der Waals surface area contributed by atoms with E-state index in [9.17, 15) is 27.6 Å². The van der Waals surface area contributed by atoms with Crippen LogP contribution in [0.25, 0.3) is 11.1 Å². The maximum absolute atomic E-state index is 13.1. The minimum Gasteiger partial charge on any atom is -0.475 e. The monoisotopic (exact) mass is 594 g/mol. The summed E-state index contributed by atoms with van der Waals surface area (Å²) in [4.78, 5) is 52.1. The van der Waals surface area contributed by atoms with Crippen LogP contribution in [0.15, 0.2) is 72.8 Å². The molecule has 3 aliphatic rings. The van der Waals surface area contributed by atoms with Gasteiger partial charge in [0.2, 0.25) is 5.91 Å². The van der Waals surface area contributed by atoms with Gasteiger partial charge in [0, 0.05) is 54.1 Å². The molecule has 6 rings (SSSR count). The van der Waals surface area contributed by atoms with Crippen LogP contribution >= 0.6 is 0 Å². The zero-order valence-electron chi connectivity index (χ0n) is 23.0. The van der Waals surface area contributed by atoms with E-state index in [4.69, 9.17) is 9.90 Å². The number of benzene rings is 3. The topological polar surface area (TPSA) is 119 Å². The Bertz CT molecular complexity index is 1550. The average molecular weight is 595 g/mol. The van der Waals surface area contributed by atoms with Gasteiger partial charge in [-0.15, -0.1) is 0 Å². The largest absolute Gasteiger partial charge is 0.490 e. The second-order valence-electron chi connectivity index (χ2n) is 10.5. The number of hydrogen-bond acceptors (Lipinski definition) is 6. The lowest BCUT2D eigenvalue weighted by molar-refractivity contribution is -0.192. The number of halogens is 3. The molecule has 3 N–H and O–H groups in total. The fourth-order valence-electron chi connectivity index (χ4n) is 5.87. The fourth-order valence-corrected chi connectivity index (χ4v) is 5.87. The van der Waals surface area contributed by atoms with Crippen molar-refractivity contribution in [2.75, 3.05) is 37.7 Å². The Kier molecular flexibility index (Phi) is 8.23. The molecule has 12 heteroatoms. The first kappa shape index (κ1) is 29.8. The SMILES string of the molecule is O=C(NCCN1CCC2(CC1)C(=O)NCN2c1ccccc1)c1cccc2c1-c1ccccc1C2=O.O=C(O)C(F)(F)F. The van der Waals surface area contributed by atoms with Crippen molar-refractivity contribution in [2.45, 2.75) is 24.6 Å². The van der Waals surface area contributed by atoms with Gasteiger partial charge in [-0.2, -0.15) is 13.2 Å². The van der Waals surface area contributed by atoms with Crippen LogP contribution in [-0.2, 0) is 9.59 Å². The Morgan fingerprint density at radius 3 is 2.14 bits per heavy atom. The number of para-hydroxylation sites is 1. The van der Waals surface area contributed by atoms with E-state index in [1.54, 1.807) is 18.2 Å². The lowest BCUT2D eigenvalue weighted by Crippen LogP contribution is -2.57. The van der Waals surface area contributed by atoms with Crippen LogP contribution in [0.2, 0.25) is 0 Å². The summed E-state index contributed by atoms with van der Waals surface area (Å²) in [5.74, 6) is -2.85. The summed E-state index contributed by atoms with van der Waals surface area (Å²) in [6.45, 7) is 3.31.